The fourth-order valence-electron chi connectivity index (χ4n) is 0.989. The van der Waals surface area contributed by atoms with Crippen molar-refractivity contribution in [2.75, 3.05) is 13.2 Å². The van der Waals surface area contributed by atoms with Crippen LogP contribution in [0.5, 0.6) is 0 Å². The molecule has 0 aromatic carbocycles. The van der Waals surface area contributed by atoms with Gasteiger partial charge in [0.25, 0.3) is 0 Å². The lowest BCUT2D eigenvalue weighted by molar-refractivity contribution is 0.160. The molecule has 0 N–H and O–H groups in total. The van der Waals surface area contributed by atoms with Gasteiger partial charge in [-0.25, -0.2) is 0 Å². The first-order valence-electron chi connectivity index (χ1n) is 5.81. The van der Waals surface area contributed by atoms with Crippen LogP contribution in [0, 0.1) is 11.8 Å². The van der Waals surface area contributed by atoms with Crippen molar-refractivity contribution in [3.05, 3.63) is 12.3 Å². The van der Waals surface area contributed by atoms with Crippen LogP contribution in [0.3, 0.4) is 0 Å². The van der Waals surface area contributed by atoms with Gasteiger partial charge in [-0.15, -0.1) is 6.58 Å². The van der Waals surface area contributed by atoms with Crippen molar-refractivity contribution in [2.45, 2.75) is 40.7 Å². The zero-order valence-electron chi connectivity index (χ0n) is 10.9. The van der Waals surface area contributed by atoms with Crippen molar-refractivity contribution < 1.29 is 8.85 Å². The van der Waals surface area contributed by atoms with Gasteiger partial charge in [0, 0.05) is 13.2 Å². The minimum atomic E-state index is -2.09. The van der Waals surface area contributed by atoms with Gasteiger partial charge >= 0.3 is 8.56 Å². The van der Waals surface area contributed by atoms with Gasteiger partial charge in [-0.05, 0) is 30.5 Å². The molecule has 15 heavy (non-hydrogen) atoms. The third-order valence-corrected chi connectivity index (χ3v) is 4.42. The van der Waals surface area contributed by atoms with Crippen LogP contribution in [0.2, 0.25) is 6.55 Å². The molecule has 0 radical (unpaired) electrons. The highest BCUT2D eigenvalue weighted by atomic mass is 28.4. The summed E-state index contributed by atoms with van der Waals surface area (Å²) in [6.07, 6.45) is 1.08. The van der Waals surface area contributed by atoms with Crippen LogP contribution in [0.4, 0.5) is 0 Å². The highest BCUT2D eigenvalue weighted by Crippen LogP contribution is 2.12. The van der Waals surface area contributed by atoms with Crippen LogP contribution >= 0.6 is 0 Å². The van der Waals surface area contributed by atoms with Gasteiger partial charge < -0.3 is 8.85 Å². The Morgan fingerprint density at radius 1 is 1.13 bits per heavy atom. The van der Waals surface area contributed by atoms with Crippen LogP contribution in [0.1, 0.15) is 34.1 Å². The summed E-state index contributed by atoms with van der Waals surface area (Å²) >= 11 is 0. The second-order valence-electron chi connectivity index (χ2n) is 4.96. The summed E-state index contributed by atoms with van der Waals surface area (Å²) in [6, 6.07) is 0. The lowest BCUT2D eigenvalue weighted by atomic mass is 10.2. The van der Waals surface area contributed by atoms with E-state index in [2.05, 4.69) is 40.8 Å². The highest BCUT2D eigenvalue weighted by molar-refractivity contribution is 6.71. The maximum Gasteiger partial charge on any atom is 0.361 e. The number of hydrogen-bond acceptors (Lipinski definition) is 2. The molecule has 1 atom stereocenters. The van der Waals surface area contributed by atoms with E-state index in [4.69, 9.17) is 8.85 Å². The van der Waals surface area contributed by atoms with E-state index in [1.165, 1.54) is 0 Å². The highest BCUT2D eigenvalue weighted by Gasteiger charge is 2.27. The van der Waals surface area contributed by atoms with E-state index < -0.39 is 8.56 Å². The lowest BCUT2D eigenvalue weighted by Crippen LogP contribution is -2.38. The van der Waals surface area contributed by atoms with Crippen LogP contribution in [-0.4, -0.2) is 21.8 Å². The Labute approximate surface area is 95.9 Å². The second-order valence-corrected chi connectivity index (χ2v) is 7.97. The van der Waals surface area contributed by atoms with E-state index in [-0.39, 0.29) is 0 Å². The summed E-state index contributed by atoms with van der Waals surface area (Å²) in [5.41, 5.74) is 1.87. The van der Waals surface area contributed by atoms with Crippen LogP contribution in [0.15, 0.2) is 12.3 Å². The first-order chi connectivity index (χ1) is 6.89. The normalized spacial score (nSPS) is 15.7. The summed E-state index contributed by atoms with van der Waals surface area (Å²) in [4.78, 5) is 0. The molecule has 0 saturated heterocycles. The molecule has 0 heterocycles. The minimum absolute atomic E-state index is 0.547. The molecule has 0 rings (SSSR count). The standard InChI is InChI=1S/C12H26O2Si/c1-7-15(6,14-10-12(4)5)13-9-8-11(2)3/h7,11-12H,1,8-10H2,2-6H3. The van der Waals surface area contributed by atoms with E-state index in [0.29, 0.717) is 11.8 Å². The molecule has 0 aliphatic heterocycles. The molecular formula is C12H26O2Si. The fourth-order valence-corrected chi connectivity index (χ4v) is 2.50. The molecule has 0 saturated carbocycles. The summed E-state index contributed by atoms with van der Waals surface area (Å²) < 4.78 is 11.7. The Hall–Kier alpha value is -0.123. The van der Waals surface area contributed by atoms with Gasteiger partial charge in [0.1, 0.15) is 0 Å². The smallest absolute Gasteiger partial charge is 0.361 e. The molecular weight excluding hydrogens is 204 g/mol. The quantitative estimate of drug-likeness (QED) is 0.594. The van der Waals surface area contributed by atoms with Crippen LogP contribution in [-0.2, 0) is 8.85 Å². The summed E-state index contributed by atoms with van der Waals surface area (Å²) in [5, 5.41) is 0. The molecule has 0 fully saturated rings. The first-order valence-corrected chi connectivity index (χ1v) is 8.20. The zero-order valence-corrected chi connectivity index (χ0v) is 11.9. The molecule has 0 aromatic heterocycles. The average Bonchev–Trinajstić information content (AvgIpc) is 2.14. The molecule has 0 aliphatic carbocycles. The molecule has 0 spiro atoms. The molecule has 0 aliphatic rings. The van der Waals surface area contributed by atoms with E-state index in [1.807, 2.05) is 5.70 Å². The minimum Gasteiger partial charge on any atom is -0.391 e. The third-order valence-electron chi connectivity index (χ3n) is 2.16. The monoisotopic (exact) mass is 230 g/mol. The van der Waals surface area contributed by atoms with Crippen molar-refractivity contribution in [3.8, 4) is 0 Å². The molecule has 2 nitrogen and oxygen atoms in total. The van der Waals surface area contributed by atoms with Crippen molar-refractivity contribution >= 4 is 8.56 Å². The number of rotatable bonds is 8. The van der Waals surface area contributed by atoms with Crippen molar-refractivity contribution in [3.63, 3.8) is 0 Å². The van der Waals surface area contributed by atoms with Gasteiger partial charge in [-0.2, -0.15) is 0 Å². The third kappa shape index (κ3) is 7.77. The number of hydrogen-bond donors (Lipinski definition) is 0. The molecule has 3 heteroatoms. The first kappa shape index (κ1) is 14.9. The Bertz CT molecular complexity index is 180. The largest absolute Gasteiger partial charge is 0.391 e. The Kier molecular flexibility index (Phi) is 7.14. The Balaban J connectivity index is 3.90. The summed E-state index contributed by atoms with van der Waals surface area (Å²) in [6.45, 7) is 16.1. The van der Waals surface area contributed by atoms with E-state index in [0.717, 1.165) is 19.6 Å². The second kappa shape index (κ2) is 7.20. The van der Waals surface area contributed by atoms with Gasteiger partial charge in [0.2, 0.25) is 0 Å². The molecule has 1 unspecified atom stereocenters. The summed E-state index contributed by atoms with van der Waals surface area (Å²) in [5.74, 6) is 1.23. The van der Waals surface area contributed by atoms with Crippen molar-refractivity contribution in [1.82, 2.24) is 0 Å². The van der Waals surface area contributed by atoms with Gasteiger partial charge in [0.15, 0.2) is 0 Å². The maximum absolute atomic E-state index is 5.84. The SMILES string of the molecule is C=C[Si](C)(OCCC(C)C)OCC(C)C. The predicted molar refractivity (Wildman–Crippen MR) is 68.0 cm³/mol. The molecule has 90 valence electrons. The van der Waals surface area contributed by atoms with E-state index in [9.17, 15) is 0 Å². The lowest BCUT2D eigenvalue weighted by Gasteiger charge is -2.25. The fraction of sp³-hybridized carbons (Fsp3) is 0.833. The Morgan fingerprint density at radius 2 is 1.73 bits per heavy atom. The van der Waals surface area contributed by atoms with Crippen molar-refractivity contribution in [1.29, 1.82) is 0 Å². The molecule has 0 aromatic rings. The molecule has 0 amide bonds. The Morgan fingerprint density at radius 3 is 2.13 bits per heavy atom. The van der Waals surface area contributed by atoms with Crippen LogP contribution in [0.25, 0.3) is 0 Å². The van der Waals surface area contributed by atoms with E-state index in [1.54, 1.807) is 0 Å². The van der Waals surface area contributed by atoms with Gasteiger partial charge in [0.05, 0.1) is 0 Å². The maximum atomic E-state index is 5.84. The zero-order chi connectivity index (χ0) is 11.9. The summed E-state index contributed by atoms with van der Waals surface area (Å²) in [7, 11) is -2.09. The van der Waals surface area contributed by atoms with Crippen molar-refractivity contribution in [2.24, 2.45) is 11.8 Å². The topological polar surface area (TPSA) is 18.5 Å². The molecule has 0 bridgehead atoms. The average molecular weight is 230 g/mol. The predicted octanol–water partition coefficient (Wildman–Crippen LogP) is 3.52. The van der Waals surface area contributed by atoms with Gasteiger partial charge in [-0.3, -0.25) is 0 Å². The van der Waals surface area contributed by atoms with Gasteiger partial charge in [-0.1, -0.05) is 27.7 Å². The van der Waals surface area contributed by atoms with E-state index >= 15 is 0 Å². The van der Waals surface area contributed by atoms with Crippen LogP contribution < -0.4 is 0 Å².